The fourth-order valence-corrected chi connectivity index (χ4v) is 4.24. The van der Waals surface area contributed by atoms with Crippen LogP contribution in [0.5, 0.6) is 0 Å². The van der Waals surface area contributed by atoms with Gasteiger partial charge in [-0.15, -0.1) is 0 Å². The second-order valence-electron chi connectivity index (χ2n) is 7.09. The summed E-state index contributed by atoms with van der Waals surface area (Å²) < 4.78 is 0. The smallest absolute Gasteiger partial charge is 0.254 e. The second kappa shape index (κ2) is 10.2. The van der Waals surface area contributed by atoms with Gasteiger partial charge in [-0.3, -0.25) is 9.79 Å². The molecular weight excluding hydrogens is 432 g/mol. The minimum atomic E-state index is -0.744. The van der Waals surface area contributed by atoms with Crippen LogP contribution in [0.2, 0.25) is 5.02 Å². The third-order valence-corrected chi connectivity index (χ3v) is 6.11. The first-order valence-electron chi connectivity index (χ1n) is 9.69. The van der Waals surface area contributed by atoms with E-state index in [0.29, 0.717) is 23.7 Å². The van der Waals surface area contributed by atoms with E-state index in [0.717, 1.165) is 22.6 Å². The number of carbonyl (C=O) groups is 1. The highest BCUT2D eigenvalue weighted by Crippen LogP contribution is 2.29. The molecule has 7 nitrogen and oxygen atoms in total. The average Bonchev–Trinajstić information content (AvgIpc) is 2.75. The third-order valence-electron chi connectivity index (χ3n) is 4.85. The standard InChI is InChI=1S/C22H23ClN6OS/c23-15-5-9-18(10-6-15)31-17-7-3-14(4-8-17)20(25)19(22(27)30)21(26)28-16-2-1-11-29(12-16)13-24/h3-10,16H,1-2,11-12,25H2,(H2,26,28)(H2,27,30). The summed E-state index contributed by atoms with van der Waals surface area (Å²) in [6.07, 6.45) is 3.72. The van der Waals surface area contributed by atoms with Crippen LogP contribution in [0, 0.1) is 11.5 Å². The number of benzene rings is 2. The molecule has 2 aromatic carbocycles. The predicted octanol–water partition coefficient (Wildman–Crippen LogP) is 2.95. The lowest BCUT2D eigenvalue weighted by molar-refractivity contribution is -0.114. The topological polar surface area (TPSA) is 135 Å². The quantitative estimate of drug-likeness (QED) is 0.266. The van der Waals surface area contributed by atoms with Crippen molar-refractivity contribution in [3.8, 4) is 6.19 Å². The van der Waals surface area contributed by atoms with Crippen LogP contribution in [0.1, 0.15) is 18.4 Å². The van der Waals surface area contributed by atoms with Crippen molar-refractivity contribution in [3.05, 3.63) is 64.7 Å². The van der Waals surface area contributed by atoms with Gasteiger partial charge in [-0.25, -0.2) is 0 Å². The number of amidine groups is 1. The lowest BCUT2D eigenvalue weighted by atomic mass is 10.0. The molecule has 1 heterocycles. The van der Waals surface area contributed by atoms with Gasteiger partial charge in [0.05, 0.1) is 18.3 Å². The van der Waals surface area contributed by atoms with Crippen molar-refractivity contribution in [1.82, 2.24) is 4.90 Å². The van der Waals surface area contributed by atoms with Gasteiger partial charge in [-0.1, -0.05) is 35.5 Å². The van der Waals surface area contributed by atoms with E-state index in [4.69, 9.17) is 34.1 Å². The minimum absolute atomic E-state index is 0.00518. The molecule has 31 heavy (non-hydrogen) atoms. The summed E-state index contributed by atoms with van der Waals surface area (Å²) in [7, 11) is 0. The Kier molecular flexibility index (Phi) is 7.45. The van der Waals surface area contributed by atoms with Gasteiger partial charge >= 0.3 is 0 Å². The van der Waals surface area contributed by atoms with Crippen molar-refractivity contribution in [2.75, 3.05) is 13.1 Å². The Bertz CT molecular complexity index is 1040. The normalized spacial score (nSPS) is 17.6. The van der Waals surface area contributed by atoms with Crippen LogP contribution in [0.4, 0.5) is 0 Å². The van der Waals surface area contributed by atoms with Crippen molar-refractivity contribution in [3.63, 3.8) is 0 Å². The van der Waals surface area contributed by atoms with E-state index in [1.807, 2.05) is 48.5 Å². The maximum atomic E-state index is 12.1. The number of rotatable bonds is 6. The predicted molar refractivity (Wildman–Crippen MR) is 124 cm³/mol. The summed E-state index contributed by atoms with van der Waals surface area (Å²) in [6, 6.07) is 14.8. The molecular formula is C22H23ClN6OS. The van der Waals surface area contributed by atoms with E-state index in [9.17, 15) is 4.79 Å². The van der Waals surface area contributed by atoms with Crippen LogP contribution in [-0.4, -0.2) is 35.8 Å². The van der Waals surface area contributed by atoms with Gasteiger partial charge < -0.3 is 22.1 Å². The maximum absolute atomic E-state index is 12.1. The van der Waals surface area contributed by atoms with Crippen molar-refractivity contribution in [1.29, 1.82) is 5.26 Å². The number of aliphatic imine (C=N–C) groups is 1. The van der Waals surface area contributed by atoms with Crippen LogP contribution < -0.4 is 17.2 Å². The molecule has 3 rings (SSSR count). The van der Waals surface area contributed by atoms with Gasteiger partial charge in [0.1, 0.15) is 11.4 Å². The average molecular weight is 455 g/mol. The molecule has 0 radical (unpaired) electrons. The summed E-state index contributed by atoms with van der Waals surface area (Å²) >= 11 is 7.50. The molecule has 1 aliphatic heterocycles. The van der Waals surface area contributed by atoms with Gasteiger partial charge in [0.15, 0.2) is 6.19 Å². The molecule has 0 bridgehead atoms. The Morgan fingerprint density at radius 2 is 1.71 bits per heavy atom. The highest BCUT2D eigenvalue weighted by molar-refractivity contribution is 7.99. The summed E-state index contributed by atoms with van der Waals surface area (Å²) in [5.41, 5.74) is 18.7. The number of nitriles is 1. The number of halogens is 1. The highest BCUT2D eigenvalue weighted by Gasteiger charge is 2.22. The van der Waals surface area contributed by atoms with E-state index in [1.54, 1.807) is 16.7 Å². The molecule has 6 N–H and O–H groups in total. The van der Waals surface area contributed by atoms with Gasteiger partial charge in [0, 0.05) is 21.4 Å². The molecule has 0 aromatic heterocycles. The SMILES string of the molecule is N#CN1CCCC(N=C(N)C(C(N)=O)=C(N)c2ccc(Sc3ccc(Cl)cc3)cc2)C1. The molecule has 1 aliphatic rings. The van der Waals surface area contributed by atoms with E-state index < -0.39 is 5.91 Å². The molecule has 1 saturated heterocycles. The number of hydrogen-bond acceptors (Lipinski definition) is 6. The van der Waals surface area contributed by atoms with Gasteiger partial charge in [0.25, 0.3) is 5.91 Å². The van der Waals surface area contributed by atoms with Crippen molar-refractivity contribution < 1.29 is 4.79 Å². The van der Waals surface area contributed by atoms with Crippen LogP contribution in [0.25, 0.3) is 5.70 Å². The van der Waals surface area contributed by atoms with E-state index in [1.165, 1.54) is 0 Å². The summed E-state index contributed by atoms with van der Waals surface area (Å²) in [4.78, 5) is 20.2. The number of piperidine rings is 1. The van der Waals surface area contributed by atoms with Crippen molar-refractivity contribution in [2.24, 2.45) is 22.2 Å². The molecule has 1 unspecified atom stereocenters. The monoisotopic (exact) mass is 454 g/mol. The molecule has 0 saturated carbocycles. The molecule has 1 amide bonds. The number of likely N-dealkylation sites (tertiary alicyclic amines) is 1. The number of hydrogen-bond donors (Lipinski definition) is 3. The zero-order valence-corrected chi connectivity index (χ0v) is 18.4. The van der Waals surface area contributed by atoms with Gasteiger partial charge in [0.2, 0.25) is 0 Å². The molecule has 9 heteroatoms. The first-order valence-corrected chi connectivity index (χ1v) is 10.9. The molecule has 0 aliphatic carbocycles. The number of nitrogens with zero attached hydrogens (tertiary/aromatic N) is 3. The number of carbonyl (C=O) groups excluding carboxylic acids is 1. The summed E-state index contributed by atoms with van der Waals surface area (Å²) in [5, 5.41) is 9.77. The van der Waals surface area contributed by atoms with Crippen molar-refractivity contribution in [2.45, 2.75) is 28.7 Å². The maximum Gasteiger partial charge on any atom is 0.254 e. The Morgan fingerprint density at radius 3 is 2.29 bits per heavy atom. The fraction of sp³-hybridized carbons (Fsp3) is 0.227. The molecule has 160 valence electrons. The molecule has 1 fully saturated rings. The lowest BCUT2D eigenvalue weighted by Crippen LogP contribution is -2.37. The van der Waals surface area contributed by atoms with E-state index >= 15 is 0 Å². The highest BCUT2D eigenvalue weighted by atomic mass is 35.5. The Balaban J connectivity index is 1.81. The van der Waals surface area contributed by atoms with Crippen LogP contribution >= 0.6 is 23.4 Å². The fourth-order valence-electron chi connectivity index (χ4n) is 3.29. The lowest BCUT2D eigenvalue weighted by Gasteiger charge is -2.26. The number of primary amides is 1. The second-order valence-corrected chi connectivity index (χ2v) is 8.67. The Labute approximate surface area is 190 Å². The van der Waals surface area contributed by atoms with E-state index in [-0.39, 0.29) is 23.1 Å². The van der Waals surface area contributed by atoms with Gasteiger partial charge in [-0.05, 0) is 54.8 Å². The first-order chi connectivity index (χ1) is 14.9. The molecule has 2 aromatic rings. The van der Waals surface area contributed by atoms with Crippen molar-refractivity contribution >= 4 is 40.8 Å². The minimum Gasteiger partial charge on any atom is -0.397 e. The summed E-state index contributed by atoms with van der Waals surface area (Å²) in [5.74, 6) is -0.749. The van der Waals surface area contributed by atoms with Crippen LogP contribution in [0.15, 0.2) is 68.9 Å². The van der Waals surface area contributed by atoms with E-state index in [2.05, 4.69) is 11.2 Å². The largest absolute Gasteiger partial charge is 0.397 e. The number of nitrogens with two attached hydrogens (primary N) is 3. The van der Waals surface area contributed by atoms with Crippen LogP contribution in [0.3, 0.4) is 0 Å². The summed E-state index contributed by atoms with van der Waals surface area (Å²) in [6.45, 7) is 1.16. The third kappa shape index (κ3) is 5.94. The molecule has 1 atom stereocenters. The van der Waals surface area contributed by atoms with Gasteiger partial charge in [-0.2, -0.15) is 5.26 Å². The Hall–Kier alpha value is -3.15. The van der Waals surface area contributed by atoms with Crippen LogP contribution in [-0.2, 0) is 4.79 Å². The molecule has 0 spiro atoms. The number of amides is 1. The Morgan fingerprint density at radius 1 is 1.10 bits per heavy atom. The first kappa shape index (κ1) is 22.5. The zero-order chi connectivity index (χ0) is 22.4. The zero-order valence-electron chi connectivity index (χ0n) is 16.8.